The van der Waals surface area contributed by atoms with Crippen molar-refractivity contribution in [1.82, 2.24) is 5.32 Å². The zero-order chi connectivity index (χ0) is 23.5. The molecule has 0 fully saturated rings. The van der Waals surface area contributed by atoms with Gasteiger partial charge in [-0.3, -0.25) is 15.0 Å². The van der Waals surface area contributed by atoms with Gasteiger partial charge in [-0.2, -0.15) is 0 Å². The van der Waals surface area contributed by atoms with Crippen molar-refractivity contribution in [3.05, 3.63) is 70.8 Å². The summed E-state index contributed by atoms with van der Waals surface area (Å²) >= 11 is 0. The molecule has 0 aliphatic heterocycles. The number of ether oxygens (including phenoxy) is 2. The van der Waals surface area contributed by atoms with Crippen LogP contribution in [0.1, 0.15) is 48.2 Å². The highest BCUT2D eigenvalue weighted by Crippen LogP contribution is 2.15. The van der Waals surface area contributed by atoms with Crippen molar-refractivity contribution in [2.75, 3.05) is 13.2 Å². The van der Waals surface area contributed by atoms with E-state index < -0.39 is 5.97 Å². The first-order valence-electron chi connectivity index (χ1n) is 10.2. The van der Waals surface area contributed by atoms with E-state index in [2.05, 4.69) is 5.32 Å². The van der Waals surface area contributed by atoms with E-state index in [-0.39, 0.29) is 24.1 Å². The van der Waals surface area contributed by atoms with Gasteiger partial charge in [0.1, 0.15) is 11.6 Å². The Morgan fingerprint density at radius 1 is 1.03 bits per heavy atom. The van der Waals surface area contributed by atoms with Gasteiger partial charge in [-0.25, -0.2) is 4.79 Å². The highest BCUT2D eigenvalue weighted by Gasteiger charge is 2.10. The van der Waals surface area contributed by atoms with Crippen LogP contribution in [0.2, 0.25) is 0 Å². The summed E-state index contributed by atoms with van der Waals surface area (Å²) in [4.78, 5) is 35.8. The third kappa shape index (κ3) is 7.71. The maximum atomic E-state index is 12.3. The third-order valence-corrected chi connectivity index (χ3v) is 4.41. The van der Waals surface area contributed by atoms with Gasteiger partial charge in [0.25, 0.3) is 0 Å². The lowest BCUT2D eigenvalue weighted by atomic mass is 10.1. The zero-order valence-corrected chi connectivity index (χ0v) is 18.1. The fourth-order valence-electron chi connectivity index (χ4n) is 2.71. The van der Waals surface area contributed by atoms with Crippen LogP contribution in [0.3, 0.4) is 0 Å². The number of nitrogen functional groups attached to an aromatic ring is 1. The minimum atomic E-state index is -0.521. The van der Waals surface area contributed by atoms with Gasteiger partial charge in [0.05, 0.1) is 12.2 Å². The van der Waals surface area contributed by atoms with E-state index in [9.17, 15) is 14.4 Å². The summed E-state index contributed by atoms with van der Waals surface area (Å²) in [6.07, 6.45) is 2.47. The molecule has 0 unspecified atom stereocenters. The Morgan fingerprint density at radius 2 is 1.66 bits per heavy atom. The minimum Gasteiger partial charge on any atom is -0.466 e. The first-order valence-corrected chi connectivity index (χ1v) is 10.2. The predicted octanol–water partition coefficient (Wildman–Crippen LogP) is 3.05. The molecule has 0 heterocycles. The second kappa shape index (κ2) is 12.0. The number of amidine groups is 1. The number of esters is 2. The number of nitrogens with one attached hydrogen (secondary N) is 2. The first-order chi connectivity index (χ1) is 15.3. The molecule has 32 heavy (non-hydrogen) atoms. The molecule has 2 aromatic rings. The molecule has 0 aliphatic carbocycles. The zero-order valence-electron chi connectivity index (χ0n) is 18.1. The summed E-state index contributed by atoms with van der Waals surface area (Å²) in [6, 6.07) is 13.0. The summed E-state index contributed by atoms with van der Waals surface area (Å²) in [7, 11) is 0. The van der Waals surface area contributed by atoms with Gasteiger partial charge in [0, 0.05) is 24.1 Å². The summed E-state index contributed by atoms with van der Waals surface area (Å²) in [5.41, 5.74) is 7.56. The van der Waals surface area contributed by atoms with Crippen molar-refractivity contribution in [1.29, 1.82) is 5.41 Å². The molecule has 0 aliphatic rings. The maximum Gasteiger partial charge on any atom is 0.343 e. The molecule has 0 bridgehead atoms. The van der Waals surface area contributed by atoms with Crippen LogP contribution < -0.4 is 15.8 Å². The lowest BCUT2D eigenvalue weighted by molar-refractivity contribution is -0.143. The van der Waals surface area contributed by atoms with E-state index in [1.165, 1.54) is 0 Å². The summed E-state index contributed by atoms with van der Waals surface area (Å²) in [6.45, 7) is 4.16. The van der Waals surface area contributed by atoms with Crippen LogP contribution in [0.15, 0.2) is 54.1 Å². The molecule has 8 heteroatoms. The van der Waals surface area contributed by atoms with Crippen molar-refractivity contribution in [3.63, 3.8) is 0 Å². The number of amides is 1. The molecule has 0 saturated carbocycles. The molecule has 1 amide bonds. The molecule has 0 radical (unpaired) electrons. The Bertz CT molecular complexity index is 995. The van der Waals surface area contributed by atoms with E-state index in [0.29, 0.717) is 42.0 Å². The van der Waals surface area contributed by atoms with Crippen molar-refractivity contribution in [3.8, 4) is 5.75 Å². The molecule has 0 aromatic heterocycles. The van der Waals surface area contributed by atoms with Crippen molar-refractivity contribution < 1.29 is 23.9 Å². The van der Waals surface area contributed by atoms with E-state index in [0.717, 1.165) is 5.56 Å². The average molecular weight is 437 g/mol. The molecule has 0 saturated heterocycles. The first kappa shape index (κ1) is 24.3. The molecule has 2 rings (SSSR count). The number of rotatable bonds is 10. The van der Waals surface area contributed by atoms with E-state index in [1.54, 1.807) is 68.5 Å². The number of benzene rings is 2. The van der Waals surface area contributed by atoms with Gasteiger partial charge in [0.2, 0.25) is 5.91 Å². The fraction of sp³-hybridized carbons (Fsp3) is 0.250. The molecular formula is C24H27N3O5. The van der Waals surface area contributed by atoms with Crippen molar-refractivity contribution in [2.45, 2.75) is 26.7 Å². The Morgan fingerprint density at radius 3 is 2.25 bits per heavy atom. The topological polar surface area (TPSA) is 132 Å². The highest BCUT2D eigenvalue weighted by atomic mass is 16.5. The van der Waals surface area contributed by atoms with Gasteiger partial charge in [0.15, 0.2) is 0 Å². The van der Waals surface area contributed by atoms with Gasteiger partial charge in [-0.05, 0) is 68.3 Å². The lowest BCUT2D eigenvalue weighted by Crippen LogP contribution is -2.25. The fourth-order valence-corrected chi connectivity index (χ4v) is 2.71. The maximum absolute atomic E-state index is 12.3. The monoisotopic (exact) mass is 437 g/mol. The van der Waals surface area contributed by atoms with Gasteiger partial charge < -0.3 is 20.5 Å². The number of carbonyl (C=O) groups is 3. The van der Waals surface area contributed by atoms with Crippen LogP contribution >= 0.6 is 0 Å². The normalized spacial score (nSPS) is 10.9. The second-order valence-electron chi connectivity index (χ2n) is 6.94. The number of carbonyl (C=O) groups excluding carboxylic acids is 3. The third-order valence-electron chi connectivity index (χ3n) is 4.41. The Balaban J connectivity index is 1.88. The average Bonchev–Trinajstić information content (AvgIpc) is 2.77. The quantitative estimate of drug-likeness (QED) is 0.131. The van der Waals surface area contributed by atoms with Crippen LogP contribution in [0.5, 0.6) is 5.75 Å². The molecule has 2 aromatic carbocycles. The summed E-state index contributed by atoms with van der Waals surface area (Å²) in [5.74, 6) is -0.745. The lowest BCUT2D eigenvalue weighted by Gasteiger charge is -2.07. The molecule has 8 nitrogen and oxygen atoms in total. The number of nitrogens with two attached hydrogens (primary N) is 1. The van der Waals surface area contributed by atoms with Gasteiger partial charge in [-0.1, -0.05) is 12.1 Å². The van der Waals surface area contributed by atoms with Crippen LogP contribution in [0, 0.1) is 5.41 Å². The van der Waals surface area contributed by atoms with Crippen LogP contribution in [-0.2, 0) is 14.3 Å². The van der Waals surface area contributed by atoms with Crippen molar-refractivity contribution in [2.24, 2.45) is 5.73 Å². The Labute approximate surface area is 186 Å². The largest absolute Gasteiger partial charge is 0.466 e. The van der Waals surface area contributed by atoms with E-state index in [4.69, 9.17) is 20.6 Å². The number of hydrogen-bond acceptors (Lipinski definition) is 6. The molecule has 168 valence electrons. The van der Waals surface area contributed by atoms with Crippen LogP contribution in [-0.4, -0.2) is 36.8 Å². The van der Waals surface area contributed by atoms with Crippen LogP contribution in [0.25, 0.3) is 6.08 Å². The smallest absolute Gasteiger partial charge is 0.343 e. The molecule has 0 atom stereocenters. The minimum absolute atomic E-state index is 0.0628. The Hall–Kier alpha value is -3.94. The SMILES string of the molecule is CCOC(=O)CCCNC(=O)C(C)=Cc1ccc(C(=O)Oc2ccc(C(=N)N)cc2)cc1. The van der Waals surface area contributed by atoms with Crippen molar-refractivity contribution >= 4 is 29.8 Å². The van der Waals surface area contributed by atoms with Gasteiger partial charge >= 0.3 is 11.9 Å². The van der Waals surface area contributed by atoms with Crippen LogP contribution in [0.4, 0.5) is 0 Å². The molecular weight excluding hydrogens is 410 g/mol. The predicted molar refractivity (Wildman–Crippen MR) is 121 cm³/mol. The number of hydrogen-bond donors (Lipinski definition) is 3. The molecule has 0 spiro atoms. The van der Waals surface area contributed by atoms with Gasteiger partial charge in [-0.15, -0.1) is 0 Å². The van der Waals surface area contributed by atoms with E-state index >= 15 is 0 Å². The Kier molecular flexibility index (Phi) is 9.16. The molecule has 4 N–H and O–H groups in total. The second-order valence-corrected chi connectivity index (χ2v) is 6.94. The summed E-state index contributed by atoms with van der Waals surface area (Å²) < 4.78 is 10.2. The summed E-state index contributed by atoms with van der Waals surface area (Å²) in [5, 5.41) is 10.1. The van der Waals surface area contributed by atoms with E-state index in [1.807, 2.05) is 0 Å². The highest BCUT2D eigenvalue weighted by molar-refractivity contribution is 5.97. The standard InChI is InChI=1S/C24H27N3O5/c1-3-31-21(28)5-4-14-27-23(29)16(2)15-17-6-8-19(9-7-17)24(30)32-20-12-10-18(11-13-20)22(25)26/h6-13,15H,3-5,14H2,1-2H3,(H3,25,26)(H,27,29).